The van der Waals surface area contributed by atoms with Gasteiger partial charge in [0, 0.05) is 26.2 Å². The Hall–Kier alpha value is -1.11. The average Bonchev–Trinajstić information content (AvgIpc) is 2.99. The van der Waals surface area contributed by atoms with E-state index in [1.165, 1.54) is 11.3 Å². The molecule has 1 aliphatic heterocycles. The number of nitrogens with two attached hydrogens (primary N) is 1. The number of hydrogen-bond donors (Lipinski definition) is 1. The Morgan fingerprint density at radius 3 is 2.32 bits per heavy atom. The third-order valence-electron chi connectivity index (χ3n) is 3.65. The molecule has 0 aromatic carbocycles. The fraction of sp³-hybridized carbons (Fsp3) is 0.600. The first-order valence-corrected chi connectivity index (χ1v) is 8.24. The molecular formula is C15H24ClN3O2S. The number of halogens is 1. The van der Waals surface area contributed by atoms with Crippen molar-refractivity contribution in [1.29, 1.82) is 0 Å². The van der Waals surface area contributed by atoms with Gasteiger partial charge in [0.05, 0.1) is 10.9 Å². The molecule has 0 radical (unpaired) electrons. The van der Waals surface area contributed by atoms with Crippen LogP contribution in [0.4, 0.5) is 0 Å². The lowest BCUT2D eigenvalue weighted by Gasteiger charge is -2.36. The van der Waals surface area contributed by atoms with Gasteiger partial charge in [0.15, 0.2) is 0 Å². The Bertz CT molecular complexity index is 485. The minimum atomic E-state index is -0.426. The summed E-state index contributed by atoms with van der Waals surface area (Å²) < 4.78 is 0. The molecule has 22 heavy (non-hydrogen) atoms. The predicted molar refractivity (Wildman–Crippen MR) is 91.5 cm³/mol. The van der Waals surface area contributed by atoms with Gasteiger partial charge in [-0.3, -0.25) is 9.59 Å². The molecule has 7 heteroatoms. The van der Waals surface area contributed by atoms with Gasteiger partial charge in [-0.15, -0.1) is 23.7 Å². The number of hydrogen-bond acceptors (Lipinski definition) is 4. The monoisotopic (exact) mass is 345 g/mol. The van der Waals surface area contributed by atoms with E-state index in [1.54, 1.807) is 4.90 Å². The van der Waals surface area contributed by atoms with Crippen LogP contribution in [0.5, 0.6) is 0 Å². The Kier molecular flexibility index (Phi) is 7.32. The molecule has 5 nitrogen and oxygen atoms in total. The van der Waals surface area contributed by atoms with Crippen LogP contribution in [-0.4, -0.2) is 53.8 Å². The highest BCUT2D eigenvalue weighted by Crippen LogP contribution is 2.14. The first-order valence-electron chi connectivity index (χ1n) is 7.36. The number of rotatable bonds is 4. The van der Waals surface area contributed by atoms with Gasteiger partial charge in [-0.05, 0) is 23.8 Å². The van der Waals surface area contributed by atoms with Crippen molar-refractivity contribution < 1.29 is 9.59 Å². The van der Waals surface area contributed by atoms with E-state index in [-0.39, 0.29) is 24.2 Å². The van der Waals surface area contributed by atoms with Gasteiger partial charge in [-0.25, -0.2) is 0 Å². The highest BCUT2D eigenvalue weighted by atomic mass is 35.5. The van der Waals surface area contributed by atoms with Crippen LogP contribution in [0.3, 0.4) is 0 Å². The van der Waals surface area contributed by atoms with Crippen LogP contribution >= 0.6 is 23.7 Å². The van der Waals surface area contributed by atoms with E-state index < -0.39 is 6.04 Å². The second-order valence-electron chi connectivity index (χ2n) is 5.83. The Labute approximate surface area is 141 Å². The minimum Gasteiger partial charge on any atom is -0.338 e. The summed E-state index contributed by atoms with van der Waals surface area (Å²) in [6.07, 6.45) is 0.702. The van der Waals surface area contributed by atoms with E-state index in [0.717, 1.165) is 4.88 Å². The van der Waals surface area contributed by atoms with Gasteiger partial charge in [-0.1, -0.05) is 19.9 Å². The summed E-state index contributed by atoms with van der Waals surface area (Å²) in [4.78, 5) is 28.8. The van der Waals surface area contributed by atoms with Crippen molar-refractivity contribution >= 4 is 35.6 Å². The maximum Gasteiger partial charge on any atom is 0.264 e. The van der Waals surface area contributed by atoms with Crippen molar-refractivity contribution in [2.45, 2.75) is 26.3 Å². The Morgan fingerprint density at radius 2 is 1.82 bits per heavy atom. The van der Waals surface area contributed by atoms with Gasteiger partial charge >= 0.3 is 0 Å². The summed E-state index contributed by atoms with van der Waals surface area (Å²) in [5.74, 6) is 0.473. The normalized spacial score (nSPS) is 16.4. The first kappa shape index (κ1) is 18.9. The lowest BCUT2D eigenvalue weighted by Crippen LogP contribution is -2.54. The van der Waals surface area contributed by atoms with Gasteiger partial charge < -0.3 is 15.5 Å². The summed E-state index contributed by atoms with van der Waals surface area (Å²) in [5, 5.41) is 1.90. The lowest BCUT2D eigenvalue weighted by atomic mass is 10.0. The van der Waals surface area contributed by atoms with Crippen molar-refractivity contribution in [2.75, 3.05) is 26.2 Å². The molecule has 0 aliphatic carbocycles. The van der Waals surface area contributed by atoms with Crippen LogP contribution in [0.1, 0.15) is 29.9 Å². The fourth-order valence-corrected chi connectivity index (χ4v) is 3.22. The van der Waals surface area contributed by atoms with E-state index >= 15 is 0 Å². The molecule has 2 rings (SSSR count). The van der Waals surface area contributed by atoms with Gasteiger partial charge in [0.2, 0.25) is 5.91 Å². The van der Waals surface area contributed by atoms with E-state index in [4.69, 9.17) is 5.73 Å². The molecule has 2 amide bonds. The maximum atomic E-state index is 12.2. The van der Waals surface area contributed by atoms with Crippen LogP contribution < -0.4 is 5.73 Å². The zero-order chi connectivity index (χ0) is 15.4. The van der Waals surface area contributed by atoms with Gasteiger partial charge in [-0.2, -0.15) is 0 Å². The molecule has 0 bridgehead atoms. The van der Waals surface area contributed by atoms with E-state index in [1.807, 2.05) is 22.4 Å². The average molecular weight is 346 g/mol. The number of amides is 2. The van der Waals surface area contributed by atoms with Crippen LogP contribution in [0.25, 0.3) is 0 Å². The standard InChI is InChI=1S/C15H23N3O2S.ClH/c1-11(2)10-12(16)14(19)17-5-7-18(8-6-17)15(20)13-4-3-9-21-13;/h3-4,9,11-12H,5-8,10,16H2,1-2H3;1H/t12-;/m0./s1. The summed E-state index contributed by atoms with van der Waals surface area (Å²) in [7, 11) is 0. The minimum absolute atomic E-state index is 0. The molecule has 1 aromatic heterocycles. The zero-order valence-corrected chi connectivity index (χ0v) is 14.7. The van der Waals surface area contributed by atoms with Gasteiger partial charge in [0.25, 0.3) is 5.91 Å². The van der Waals surface area contributed by atoms with Crippen LogP contribution in [0.15, 0.2) is 17.5 Å². The second kappa shape index (κ2) is 8.50. The van der Waals surface area contributed by atoms with Crippen LogP contribution in [-0.2, 0) is 4.79 Å². The molecule has 1 aliphatic rings. The summed E-state index contributed by atoms with van der Waals surface area (Å²) >= 11 is 1.45. The predicted octanol–water partition coefficient (Wildman–Crippen LogP) is 1.83. The topological polar surface area (TPSA) is 66.6 Å². The molecular weight excluding hydrogens is 322 g/mol. The largest absolute Gasteiger partial charge is 0.338 e. The van der Waals surface area contributed by atoms with Crippen LogP contribution in [0.2, 0.25) is 0 Å². The molecule has 2 N–H and O–H groups in total. The highest BCUT2D eigenvalue weighted by molar-refractivity contribution is 7.12. The number of carbonyl (C=O) groups is 2. The molecule has 0 saturated carbocycles. The smallest absolute Gasteiger partial charge is 0.264 e. The highest BCUT2D eigenvalue weighted by Gasteiger charge is 2.28. The third kappa shape index (κ3) is 4.69. The molecule has 124 valence electrons. The fourth-order valence-electron chi connectivity index (χ4n) is 2.53. The van der Waals surface area contributed by atoms with Crippen molar-refractivity contribution in [2.24, 2.45) is 11.7 Å². The molecule has 1 aromatic rings. The number of carbonyl (C=O) groups excluding carboxylic acids is 2. The molecule has 1 saturated heterocycles. The second-order valence-corrected chi connectivity index (χ2v) is 6.78. The third-order valence-corrected chi connectivity index (χ3v) is 4.51. The SMILES string of the molecule is CC(C)C[C@H](N)C(=O)N1CCN(C(=O)c2cccs2)CC1.Cl. The summed E-state index contributed by atoms with van der Waals surface area (Å²) in [5.41, 5.74) is 5.95. The molecule has 2 heterocycles. The molecule has 0 spiro atoms. The molecule has 1 atom stereocenters. The quantitative estimate of drug-likeness (QED) is 0.905. The van der Waals surface area contributed by atoms with Crippen molar-refractivity contribution in [3.63, 3.8) is 0 Å². The van der Waals surface area contributed by atoms with Crippen molar-refractivity contribution in [1.82, 2.24) is 9.80 Å². The first-order chi connectivity index (χ1) is 9.99. The van der Waals surface area contributed by atoms with Crippen LogP contribution in [0, 0.1) is 5.92 Å². The Balaban J connectivity index is 0.00000242. The number of piperazine rings is 1. The summed E-state index contributed by atoms with van der Waals surface area (Å²) in [6, 6.07) is 3.29. The number of nitrogens with zero attached hydrogens (tertiary/aromatic N) is 2. The van der Waals surface area contributed by atoms with Crippen molar-refractivity contribution in [3.05, 3.63) is 22.4 Å². The summed E-state index contributed by atoms with van der Waals surface area (Å²) in [6.45, 7) is 6.42. The lowest BCUT2D eigenvalue weighted by molar-refractivity contribution is -0.134. The molecule has 1 fully saturated rings. The Morgan fingerprint density at radius 1 is 1.23 bits per heavy atom. The maximum absolute atomic E-state index is 12.2. The van der Waals surface area contributed by atoms with E-state index in [0.29, 0.717) is 38.5 Å². The van der Waals surface area contributed by atoms with E-state index in [9.17, 15) is 9.59 Å². The number of thiophene rings is 1. The van der Waals surface area contributed by atoms with Gasteiger partial charge in [0.1, 0.15) is 0 Å². The zero-order valence-electron chi connectivity index (χ0n) is 13.0. The van der Waals surface area contributed by atoms with E-state index in [2.05, 4.69) is 13.8 Å². The molecule has 0 unspecified atom stereocenters. The van der Waals surface area contributed by atoms with Crippen molar-refractivity contribution in [3.8, 4) is 0 Å².